The molecule has 0 bridgehead atoms. The van der Waals surface area contributed by atoms with Crippen molar-refractivity contribution in [2.75, 3.05) is 0 Å². The van der Waals surface area contributed by atoms with Crippen molar-refractivity contribution in [2.45, 2.75) is 44.7 Å². The highest BCUT2D eigenvalue weighted by molar-refractivity contribution is 5.76. The molecule has 1 aliphatic rings. The molecule has 1 aromatic carbocycles. The van der Waals surface area contributed by atoms with Crippen LogP contribution >= 0.6 is 0 Å². The highest BCUT2D eigenvalue weighted by atomic mass is 19.1. The van der Waals surface area contributed by atoms with Crippen LogP contribution in [0.1, 0.15) is 44.2 Å². The number of halogens is 1. The molecule has 1 amide bonds. The average Bonchev–Trinajstić information content (AvgIpc) is 2.42. The molecule has 0 heterocycles. The lowest BCUT2D eigenvalue weighted by Gasteiger charge is -2.30. The second-order valence-electron chi connectivity index (χ2n) is 5.54. The summed E-state index contributed by atoms with van der Waals surface area (Å²) < 4.78 is 13.2. The number of nitrogens with two attached hydrogens (primary N) is 1. The van der Waals surface area contributed by atoms with Crippen molar-refractivity contribution in [1.82, 2.24) is 5.32 Å². The van der Waals surface area contributed by atoms with Gasteiger partial charge in [-0.1, -0.05) is 0 Å². The standard InChI is InChI=1S/C15H21FN2O2/c1-9(13-8-11(16)4-7-14(13)19)18-12-5-2-10(3-6-12)15(17)20/h4,7-10,12,18-19H,2-3,5-6H2,1H3,(H2,17,20). The number of phenols is 1. The third-order valence-electron chi connectivity index (χ3n) is 4.07. The van der Waals surface area contributed by atoms with Gasteiger partial charge in [-0.3, -0.25) is 4.79 Å². The average molecular weight is 280 g/mol. The number of carbonyl (C=O) groups excluding carboxylic acids is 1. The minimum Gasteiger partial charge on any atom is -0.508 e. The Labute approximate surface area is 118 Å². The Bertz CT molecular complexity index is 485. The Balaban J connectivity index is 1.94. The highest BCUT2D eigenvalue weighted by Gasteiger charge is 2.26. The van der Waals surface area contributed by atoms with Crippen molar-refractivity contribution >= 4 is 5.91 Å². The van der Waals surface area contributed by atoms with E-state index >= 15 is 0 Å². The Hall–Kier alpha value is -1.62. The summed E-state index contributed by atoms with van der Waals surface area (Å²) in [6.45, 7) is 1.90. The van der Waals surface area contributed by atoms with E-state index in [1.807, 2.05) is 6.92 Å². The third kappa shape index (κ3) is 3.48. The predicted octanol–water partition coefficient (Wildman–Crippen LogP) is 2.23. The summed E-state index contributed by atoms with van der Waals surface area (Å²) >= 11 is 0. The fourth-order valence-electron chi connectivity index (χ4n) is 2.86. The minimum atomic E-state index is -0.358. The van der Waals surface area contributed by atoms with Crippen LogP contribution in [0, 0.1) is 11.7 Å². The normalized spacial score (nSPS) is 24.3. The first-order valence-corrected chi connectivity index (χ1v) is 7.01. The number of aromatic hydroxyl groups is 1. The maximum Gasteiger partial charge on any atom is 0.220 e. The van der Waals surface area contributed by atoms with E-state index < -0.39 is 0 Å². The second-order valence-corrected chi connectivity index (χ2v) is 5.54. The lowest BCUT2D eigenvalue weighted by atomic mass is 9.85. The van der Waals surface area contributed by atoms with E-state index in [2.05, 4.69) is 5.32 Å². The molecule has 1 atom stereocenters. The van der Waals surface area contributed by atoms with E-state index in [0.717, 1.165) is 25.7 Å². The van der Waals surface area contributed by atoms with Gasteiger partial charge < -0.3 is 16.2 Å². The van der Waals surface area contributed by atoms with E-state index in [1.54, 1.807) is 0 Å². The molecule has 0 radical (unpaired) electrons. The van der Waals surface area contributed by atoms with Gasteiger partial charge in [0.2, 0.25) is 5.91 Å². The van der Waals surface area contributed by atoms with E-state index in [0.29, 0.717) is 5.56 Å². The number of benzene rings is 1. The summed E-state index contributed by atoms with van der Waals surface area (Å²) in [5, 5.41) is 13.2. The number of hydrogen-bond acceptors (Lipinski definition) is 3. The van der Waals surface area contributed by atoms with Gasteiger partial charge in [-0.15, -0.1) is 0 Å². The molecule has 4 N–H and O–H groups in total. The molecule has 1 fully saturated rings. The Kier molecular flexibility index (Phi) is 4.60. The van der Waals surface area contributed by atoms with Crippen LogP contribution in [-0.4, -0.2) is 17.1 Å². The number of nitrogens with one attached hydrogen (secondary N) is 1. The lowest BCUT2D eigenvalue weighted by Crippen LogP contribution is -2.37. The Morgan fingerprint density at radius 2 is 2.05 bits per heavy atom. The third-order valence-corrected chi connectivity index (χ3v) is 4.07. The maximum atomic E-state index is 13.2. The van der Waals surface area contributed by atoms with E-state index in [9.17, 15) is 14.3 Å². The molecule has 0 saturated heterocycles. The number of amides is 1. The molecule has 1 aliphatic carbocycles. The van der Waals surface area contributed by atoms with Crippen LogP contribution in [0.4, 0.5) is 4.39 Å². The topological polar surface area (TPSA) is 75.3 Å². The zero-order chi connectivity index (χ0) is 14.7. The number of rotatable bonds is 4. The summed E-state index contributed by atoms with van der Waals surface area (Å²) in [7, 11) is 0. The molecule has 0 spiro atoms. The van der Waals surface area contributed by atoms with Gasteiger partial charge >= 0.3 is 0 Å². The van der Waals surface area contributed by atoms with Gasteiger partial charge in [-0.05, 0) is 50.8 Å². The Morgan fingerprint density at radius 3 is 2.65 bits per heavy atom. The van der Waals surface area contributed by atoms with Gasteiger partial charge in [-0.25, -0.2) is 4.39 Å². The Morgan fingerprint density at radius 1 is 1.40 bits per heavy atom. The zero-order valence-electron chi connectivity index (χ0n) is 11.6. The number of carbonyl (C=O) groups is 1. The van der Waals surface area contributed by atoms with Gasteiger partial charge in [0.1, 0.15) is 11.6 Å². The fourth-order valence-corrected chi connectivity index (χ4v) is 2.86. The molecular weight excluding hydrogens is 259 g/mol. The maximum absolute atomic E-state index is 13.2. The van der Waals surface area contributed by atoms with Gasteiger partial charge in [0.15, 0.2) is 0 Å². The summed E-state index contributed by atoms with van der Waals surface area (Å²) in [6.07, 6.45) is 3.31. The molecular formula is C15H21FN2O2. The van der Waals surface area contributed by atoms with Crippen molar-refractivity contribution < 1.29 is 14.3 Å². The van der Waals surface area contributed by atoms with E-state index in [4.69, 9.17) is 5.73 Å². The minimum absolute atomic E-state index is 0.0223. The molecule has 1 unspecified atom stereocenters. The monoisotopic (exact) mass is 280 g/mol. The molecule has 1 aromatic rings. The first-order chi connectivity index (χ1) is 9.47. The summed E-state index contributed by atoms with van der Waals surface area (Å²) in [5.74, 6) is -0.508. The number of phenolic OH excluding ortho intramolecular Hbond substituents is 1. The molecule has 0 aliphatic heterocycles. The second kappa shape index (κ2) is 6.22. The van der Waals surface area contributed by atoms with Gasteiger partial charge in [0.25, 0.3) is 0 Å². The van der Waals surface area contributed by atoms with Crippen LogP contribution in [0.3, 0.4) is 0 Å². The van der Waals surface area contributed by atoms with E-state index in [1.165, 1.54) is 18.2 Å². The largest absolute Gasteiger partial charge is 0.508 e. The van der Waals surface area contributed by atoms with Crippen LogP contribution in [0.25, 0.3) is 0 Å². The predicted molar refractivity (Wildman–Crippen MR) is 74.6 cm³/mol. The smallest absolute Gasteiger partial charge is 0.220 e. The molecule has 1 saturated carbocycles. The van der Waals surface area contributed by atoms with Crippen LogP contribution < -0.4 is 11.1 Å². The summed E-state index contributed by atoms with van der Waals surface area (Å²) in [6, 6.07) is 4.09. The lowest BCUT2D eigenvalue weighted by molar-refractivity contribution is -0.122. The first-order valence-electron chi connectivity index (χ1n) is 7.01. The summed E-state index contributed by atoms with van der Waals surface area (Å²) in [5.41, 5.74) is 5.86. The van der Waals surface area contributed by atoms with Crippen molar-refractivity contribution in [3.05, 3.63) is 29.6 Å². The van der Waals surface area contributed by atoms with E-state index in [-0.39, 0.29) is 35.5 Å². The zero-order valence-corrected chi connectivity index (χ0v) is 11.6. The van der Waals surface area contributed by atoms with Gasteiger partial charge in [0, 0.05) is 23.6 Å². The van der Waals surface area contributed by atoms with Crippen molar-refractivity contribution in [3.8, 4) is 5.75 Å². The first kappa shape index (κ1) is 14.8. The van der Waals surface area contributed by atoms with Gasteiger partial charge in [-0.2, -0.15) is 0 Å². The SMILES string of the molecule is CC(NC1CCC(C(N)=O)CC1)c1cc(F)ccc1O. The fraction of sp³-hybridized carbons (Fsp3) is 0.533. The van der Waals surface area contributed by atoms with Crippen molar-refractivity contribution in [2.24, 2.45) is 11.7 Å². The molecule has 0 aromatic heterocycles. The number of hydrogen-bond donors (Lipinski definition) is 3. The van der Waals surface area contributed by atoms with Crippen LogP contribution in [0.2, 0.25) is 0 Å². The number of primary amides is 1. The molecule has 4 nitrogen and oxygen atoms in total. The van der Waals surface area contributed by atoms with Crippen LogP contribution in [0.5, 0.6) is 5.75 Å². The molecule has 20 heavy (non-hydrogen) atoms. The van der Waals surface area contributed by atoms with Crippen molar-refractivity contribution in [1.29, 1.82) is 0 Å². The quantitative estimate of drug-likeness (QED) is 0.791. The molecule has 5 heteroatoms. The summed E-state index contributed by atoms with van der Waals surface area (Å²) in [4.78, 5) is 11.1. The molecule has 110 valence electrons. The molecule has 2 rings (SSSR count). The van der Waals surface area contributed by atoms with Crippen molar-refractivity contribution in [3.63, 3.8) is 0 Å². The van der Waals surface area contributed by atoms with Crippen LogP contribution in [0.15, 0.2) is 18.2 Å². The highest BCUT2D eigenvalue weighted by Crippen LogP contribution is 2.29. The van der Waals surface area contributed by atoms with Crippen LogP contribution in [-0.2, 0) is 4.79 Å². The van der Waals surface area contributed by atoms with Gasteiger partial charge in [0.05, 0.1) is 0 Å².